The van der Waals surface area contributed by atoms with Gasteiger partial charge < -0.3 is 4.90 Å². The summed E-state index contributed by atoms with van der Waals surface area (Å²) in [5.74, 6) is 0.760. The summed E-state index contributed by atoms with van der Waals surface area (Å²) >= 11 is 6.99. The zero-order chi connectivity index (χ0) is 14.8. The van der Waals surface area contributed by atoms with Crippen molar-refractivity contribution >= 4 is 29.0 Å². The lowest BCUT2D eigenvalue weighted by molar-refractivity contribution is 0.0732. The van der Waals surface area contributed by atoms with Crippen molar-refractivity contribution in [1.82, 2.24) is 14.5 Å². The van der Waals surface area contributed by atoms with Crippen molar-refractivity contribution in [2.75, 3.05) is 12.4 Å². The third-order valence-electron chi connectivity index (χ3n) is 3.70. The minimum atomic E-state index is -0.149. The summed E-state index contributed by atoms with van der Waals surface area (Å²) in [6, 6.07) is 0.330. The van der Waals surface area contributed by atoms with Crippen LogP contribution in [0.25, 0.3) is 0 Å². The minimum Gasteiger partial charge on any atom is -0.335 e. The highest BCUT2D eigenvalue weighted by molar-refractivity contribution is 7.08. The van der Waals surface area contributed by atoms with Crippen LogP contribution in [0.5, 0.6) is 0 Å². The molecule has 20 heavy (non-hydrogen) atoms. The van der Waals surface area contributed by atoms with Crippen LogP contribution in [0.1, 0.15) is 61.8 Å². The third kappa shape index (κ3) is 3.31. The Bertz CT molecular complexity index is 469. The fraction of sp³-hybridized carbons (Fsp3) is 0.786. The van der Waals surface area contributed by atoms with E-state index in [1.165, 1.54) is 11.5 Å². The molecule has 112 valence electrons. The molecular formula is C14H22ClN3OS. The second kappa shape index (κ2) is 6.39. The van der Waals surface area contributed by atoms with Crippen LogP contribution < -0.4 is 0 Å². The molecule has 4 nitrogen and oxygen atoms in total. The molecule has 0 N–H and O–H groups in total. The quantitative estimate of drug-likeness (QED) is 0.799. The van der Waals surface area contributed by atoms with Crippen molar-refractivity contribution < 1.29 is 4.79 Å². The van der Waals surface area contributed by atoms with Crippen molar-refractivity contribution in [2.45, 2.75) is 57.9 Å². The molecule has 6 heteroatoms. The Morgan fingerprint density at radius 3 is 2.90 bits per heavy atom. The van der Waals surface area contributed by atoms with Crippen LogP contribution in [0.15, 0.2) is 0 Å². The minimum absolute atomic E-state index is 0.0991. The molecule has 0 saturated carbocycles. The summed E-state index contributed by atoms with van der Waals surface area (Å²) in [5, 5.41) is 4.17. The normalized spacial score (nSPS) is 19.6. The second-order valence-electron chi connectivity index (χ2n) is 6.33. The SMILES string of the molecule is CC(C)(C)c1nnsc1C(=O)N1CCCC1CCCCl. The average molecular weight is 316 g/mol. The highest BCUT2D eigenvalue weighted by Gasteiger charge is 2.34. The number of halogens is 1. The molecule has 1 aromatic heterocycles. The van der Waals surface area contributed by atoms with Crippen LogP contribution in [0.2, 0.25) is 0 Å². The number of carbonyl (C=O) groups excluding carboxylic acids is 1. The van der Waals surface area contributed by atoms with Gasteiger partial charge in [0.15, 0.2) is 0 Å². The van der Waals surface area contributed by atoms with E-state index in [1.807, 2.05) is 4.90 Å². The van der Waals surface area contributed by atoms with Crippen LogP contribution in [-0.2, 0) is 5.41 Å². The van der Waals surface area contributed by atoms with Gasteiger partial charge in [-0.25, -0.2) is 0 Å². The van der Waals surface area contributed by atoms with Crippen LogP contribution in [0.4, 0.5) is 0 Å². The first-order valence-corrected chi connectivity index (χ1v) is 8.45. The molecular weight excluding hydrogens is 294 g/mol. The molecule has 2 heterocycles. The molecule has 1 aromatic rings. The number of aromatic nitrogens is 2. The number of likely N-dealkylation sites (tertiary alicyclic amines) is 1. The van der Waals surface area contributed by atoms with Crippen LogP contribution >= 0.6 is 23.1 Å². The molecule has 1 amide bonds. The number of rotatable bonds is 4. The molecule has 1 aliphatic heterocycles. The predicted molar refractivity (Wildman–Crippen MR) is 82.6 cm³/mol. The van der Waals surface area contributed by atoms with E-state index < -0.39 is 0 Å². The monoisotopic (exact) mass is 315 g/mol. The van der Waals surface area contributed by atoms with Gasteiger partial charge in [-0.1, -0.05) is 25.3 Å². The van der Waals surface area contributed by atoms with Gasteiger partial charge in [0.2, 0.25) is 0 Å². The van der Waals surface area contributed by atoms with E-state index in [0.29, 0.717) is 16.8 Å². The lowest BCUT2D eigenvalue weighted by Crippen LogP contribution is -2.36. The Hall–Kier alpha value is -0.680. The Kier molecular flexibility index (Phi) is 5.02. The summed E-state index contributed by atoms with van der Waals surface area (Å²) in [7, 11) is 0. The number of hydrogen-bond donors (Lipinski definition) is 0. The summed E-state index contributed by atoms with van der Waals surface area (Å²) in [5.41, 5.74) is 0.666. The Labute approximate surface area is 129 Å². The number of hydrogen-bond acceptors (Lipinski definition) is 4. The standard InChI is InChI=1S/C14H22ClN3OS/c1-14(2,3)12-11(20-17-16-12)13(19)18-9-5-7-10(18)6-4-8-15/h10H,4-9H2,1-3H3. The average Bonchev–Trinajstić information content (AvgIpc) is 3.03. The van der Waals surface area contributed by atoms with Crippen molar-refractivity contribution in [1.29, 1.82) is 0 Å². The first-order chi connectivity index (χ1) is 9.45. The maximum atomic E-state index is 12.8. The fourth-order valence-corrected chi connectivity index (χ4v) is 3.66. The van der Waals surface area contributed by atoms with Crippen molar-refractivity contribution in [2.24, 2.45) is 0 Å². The predicted octanol–water partition coefficient (Wildman–Crippen LogP) is 3.46. The molecule has 0 radical (unpaired) electrons. The van der Waals surface area contributed by atoms with E-state index in [1.54, 1.807) is 0 Å². The smallest absolute Gasteiger partial charge is 0.267 e. The molecule has 0 spiro atoms. The van der Waals surface area contributed by atoms with E-state index in [-0.39, 0.29) is 11.3 Å². The van der Waals surface area contributed by atoms with Gasteiger partial charge in [-0.15, -0.1) is 16.7 Å². The van der Waals surface area contributed by atoms with Gasteiger partial charge >= 0.3 is 0 Å². The highest BCUT2D eigenvalue weighted by atomic mass is 35.5. The van der Waals surface area contributed by atoms with E-state index in [2.05, 4.69) is 30.4 Å². The fourth-order valence-electron chi connectivity index (χ4n) is 2.67. The maximum Gasteiger partial charge on any atom is 0.267 e. The molecule has 1 aliphatic rings. The number of nitrogens with zero attached hydrogens (tertiary/aromatic N) is 3. The van der Waals surface area contributed by atoms with Crippen LogP contribution in [0, 0.1) is 0 Å². The summed E-state index contributed by atoms with van der Waals surface area (Å²) in [6.45, 7) is 7.04. The lowest BCUT2D eigenvalue weighted by atomic mass is 9.91. The van der Waals surface area contributed by atoms with Gasteiger partial charge in [-0.05, 0) is 37.2 Å². The van der Waals surface area contributed by atoms with Crippen LogP contribution in [0.3, 0.4) is 0 Å². The molecule has 1 fully saturated rings. The third-order valence-corrected chi connectivity index (χ3v) is 4.68. The number of carbonyl (C=O) groups is 1. The zero-order valence-corrected chi connectivity index (χ0v) is 13.9. The molecule has 2 rings (SSSR count). The highest BCUT2D eigenvalue weighted by Crippen LogP contribution is 2.30. The van der Waals surface area contributed by atoms with Crippen molar-refractivity contribution in [3.63, 3.8) is 0 Å². The van der Waals surface area contributed by atoms with E-state index in [9.17, 15) is 4.79 Å². The second-order valence-corrected chi connectivity index (χ2v) is 7.46. The van der Waals surface area contributed by atoms with Gasteiger partial charge in [-0.2, -0.15) is 0 Å². The van der Waals surface area contributed by atoms with Gasteiger partial charge in [0.05, 0.1) is 5.69 Å². The summed E-state index contributed by atoms with van der Waals surface area (Å²) in [4.78, 5) is 15.5. The molecule has 0 bridgehead atoms. The molecule has 0 aromatic carbocycles. The number of amides is 1. The van der Waals surface area contributed by atoms with Gasteiger partial charge in [0.1, 0.15) is 4.88 Å². The Morgan fingerprint density at radius 2 is 2.25 bits per heavy atom. The molecule has 1 unspecified atom stereocenters. The number of alkyl halides is 1. The van der Waals surface area contributed by atoms with E-state index in [4.69, 9.17) is 11.6 Å². The first-order valence-electron chi connectivity index (χ1n) is 7.15. The van der Waals surface area contributed by atoms with Crippen LogP contribution in [-0.4, -0.2) is 38.9 Å². The Balaban J connectivity index is 2.17. The van der Waals surface area contributed by atoms with Gasteiger partial charge in [-0.3, -0.25) is 4.79 Å². The maximum absolute atomic E-state index is 12.8. The van der Waals surface area contributed by atoms with E-state index >= 15 is 0 Å². The molecule has 1 atom stereocenters. The summed E-state index contributed by atoms with van der Waals surface area (Å²) < 4.78 is 3.99. The van der Waals surface area contributed by atoms with Gasteiger partial charge in [0, 0.05) is 23.9 Å². The van der Waals surface area contributed by atoms with Gasteiger partial charge in [0.25, 0.3) is 5.91 Å². The summed E-state index contributed by atoms with van der Waals surface area (Å²) in [6.07, 6.45) is 4.12. The lowest BCUT2D eigenvalue weighted by Gasteiger charge is -2.25. The molecule has 1 saturated heterocycles. The van der Waals surface area contributed by atoms with Crippen molar-refractivity contribution in [3.05, 3.63) is 10.6 Å². The largest absolute Gasteiger partial charge is 0.335 e. The zero-order valence-electron chi connectivity index (χ0n) is 12.4. The topological polar surface area (TPSA) is 46.1 Å². The van der Waals surface area contributed by atoms with Crippen molar-refractivity contribution in [3.8, 4) is 0 Å². The van der Waals surface area contributed by atoms with E-state index in [0.717, 1.165) is 37.9 Å². The Morgan fingerprint density at radius 1 is 1.50 bits per heavy atom. The molecule has 0 aliphatic carbocycles. The first kappa shape index (κ1) is 15.7.